The normalized spacial score (nSPS) is 11.3. The standard InChI is InChI=1S/C23H29NO3/c1-5-6-12-26-22-14-18(2)23(19(3)15-22)27-13-8-11-20-9-7-10-21(16-20)17-24-25-4/h5-7,9-10,14-17H,8,11-13H2,1-4H3/b6-5+,24-17?. The summed E-state index contributed by atoms with van der Waals surface area (Å²) in [5.41, 5.74) is 4.50. The van der Waals surface area contributed by atoms with Crippen molar-refractivity contribution in [3.63, 3.8) is 0 Å². The number of hydrogen-bond acceptors (Lipinski definition) is 4. The largest absolute Gasteiger partial charge is 0.493 e. The molecule has 0 saturated carbocycles. The van der Waals surface area contributed by atoms with Crippen molar-refractivity contribution in [3.05, 3.63) is 70.8 Å². The lowest BCUT2D eigenvalue weighted by Crippen LogP contribution is -2.03. The van der Waals surface area contributed by atoms with Crippen molar-refractivity contribution in [2.45, 2.75) is 33.6 Å². The number of hydrogen-bond donors (Lipinski definition) is 0. The third kappa shape index (κ3) is 6.81. The van der Waals surface area contributed by atoms with Crippen molar-refractivity contribution < 1.29 is 14.3 Å². The van der Waals surface area contributed by atoms with Gasteiger partial charge in [0, 0.05) is 0 Å². The number of allylic oxidation sites excluding steroid dienone is 1. The minimum atomic E-state index is 0.587. The second-order valence-electron chi connectivity index (χ2n) is 6.38. The first-order chi connectivity index (χ1) is 13.1. The van der Waals surface area contributed by atoms with Crippen molar-refractivity contribution in [1.82, 2.24) is 0 Å². The van der Waals surface area contributed by atoms with Crippen LogP contribution in [0, 0.1) is 13.8 Å². The smallest absolute Gasteiger partial charge is 0.125 e. The van der Waals surface area contributed by atoms with E-state index in [0.717, 1.165) is 41.0 Å². The lowest BCUT2D eigenvalue weighted by Gasteiger charge is -2.14. The Balaban J connectivity index is 1.87. The Morgan fingerprint density at radius 3 is 2.52 bits per heavy atom. The van der Waals surface area contributed by atoms with Gasteiger partial charge in [0.25, 0.3) is 0 Å². The van der Waals surface area contributed by atoms with Gasteiger partial charge in [-0.05, 0) is 68.0 Å². The van der Waals surface area contributed by atoms with Crippen molar-refractivity contribution >= 4 is 6.21 Å². The lowest BCUT2D eigenvalue weighted by molar-refractivity contribution is 0.215. The maximum absolute atomic E-state index is 6.05. The minimum absolute atomic E-state index is 0.587. The average Bonchev–Trinajstić information content (AvgIpc) is 2.66. The molecule has 0 radical (unpaired) electrons. The predicted octanol–water partition coefficient (Wildman–Crippen LogP) is 5.25. The van der Waals surface area contributed by atoms with Crippen molar-refractivity contribution in [2.75, 3.05) is 20.3 Å². The van der Waals surface area contributed by atoms with Crippen LogP contribution in [0.2, 0.25) is 0 Å². The molecule has 0 aromatic heterocycles. The highest BCUT2D eigenvalue weighted by Gasteiger charge is 2.07. The van der Waals surface area contributed by atoms with Crippen molar-refractivity contribution in [3.8, 4) is 11.5 Å². The van der Waals surface area contributed by atoms with E-state index in [9.17, 15) is 0 Å². The summed E-state index contributed by atoms with van der Waals surface area (Å²) in [6, 6.07) is 12.4. The van der Waals surface area contributed by atoms with E-state index in [1.165, 1.54) is 5.56 Å². The first-order valence-corrected chi connectivity index (χ1v) is 9.27. The average molecular weight is 367 g/mol. The maximum atomic E-state index is 6.05. The van der Waals surface area contributed by atoms with Crippen LogP contribution in [-0.4, -0.2) is 26.5 Å². The summed E-state index contributed by atoms with van der Waals surface area (Å²) in [5, 5.41) is 3.81. The molecule has 0 unspecified atom stereocenters. The van der Waals surface area contributed by atoms with Crippen LogP contribution in [-0.2, 0) is 11.3 Å². The molecule has 0 aliphatic rings. The van der Waals surface area contributed by atoms with Gasteiger partial charge in [-0.25, -0.2) is 0 Å². The van der Waals surface area contributed by atoms with E-state index < -0.39 is 0 Å². The molecule has 2 aromatic rings. The van der Waals surface area contributed by atoms with Gasteiger partial charge in [-0.15, -0.1) is 0 Å². The van der Waals surface area contributed by atoms with Gasteiger partial charge in [0.15, 0.2) is 0 Å². The highest BCUT2D eigenvalue weighted by Crippen LogP contribution is 2.28. The molecule has 2 aromatic carbocycles. The Labute approximate surface area is 162 Å². The van der Waals surface area contributed by atoms with Crippen molar-refractivity contribution in [1.29, 1.82) is 0 Å². The zero-order valence-corrected chi connectivity index (χ0v) is 16.7. The second-order valence-corrected chi connectivity index (χ2v) is 6.38. The Morgan fingerprint density at radius 2 is 1.81 bits per heavy atom. The fourth-order valence-corrected chi connectivity index (χ4v) is 2.86. The molecule has 0 N–H and O–H groups in total. The van der Waals surface area contributed by atoms with E-state index >= 15 is 0 Å². The Bertz CT molecular complexity index is 758. The number of nitrogens with zero attached hydrogens (tertiary/aromatic N) is 1. The molecule has 27 heavy (non-hydrogen) atoms. The quantitative estimate of drug-likeness (QED) is 0.249. The summed E-state index contributed by atoms with van der Waals surface area (Å²) in [4.78, 5) is 4.73. The zero-order chi connectivity index (χ0) is 19.5. The van der Waals surface area contributed by atoms with Crippen LogP contribution in [0.1, 0.15) is 35.6 Å². The molecule has 0 heterocycles. The van der Waals surface area contributed by atoms with E-state index in [0.29, 0.717) is 13.2 Å². The molecule has 0 atom stereocenters. The van der Waals surface area contributed by atoms with Crippen LogP contribution in [0.5, 0.6) is 11.5 Å². The molecular weight excluding hydrogens is 338 g/mol. The van der Waals surface area contributed by atoms with Gasteiger partial charge >= 0.3 is 0 Å². The molecule has 2 rings (SSSR count). The minimum Gasteiger partial charge on any atom is -0.493 e. The summed E-state index contributed by atoms with van der Waals surface area (Å²) >= 11 is 0. The lowest BCUT2D eigenvalue weighted by atomic mass is 10.1. The highest BCUT2D eigenvalue weighted by molar-refractivity contribution is 5.79. The topological polar surface area (TPSA) is 40.0 Å². The first-order valence-electron chi connectivity index (χ1n) is 9.27. The number of oxime groups is 1. The molecule has 0 aliphatic heterocycles. The van der Waals surface area contributed by atoms with Crippen LogP contribution in [0.3, 0.4) is 0 Å². The zero-order valence-electron chi connectivity index (χ0n) is 16.7. The molecule has 0 bridgehead atoms. The molecule has 144 valence electrons. The monoisotopic (exact) mass is 367 g/mol. The number of ether oxygens (including phenoxy) is 2. The van der Waals surface area contributed by atoms with E-state index in [4.69, 9.17) is 14.3 Å². The number of aryl methyl sites for hydroxylation is 3. The Kier molecular flexibility index (Phi) is 8.43. The number of rotatable bonds is 10. The third-order valence-corrected chi connectivity index (χ3v) is 4.13. The van der Waals surface area contributed by atoms with Gasteiger partial charge in [-0.1, -0.05) is 41.6 Å². The SMILES string of the molecule is C/C=C/COc1cc(C)c(OCCCc2cccc(C=NOC)c2)c(C)c1. The van der Waals surface area contributed by atoms with Gasteiger partial charge in [0.2, 0.25) is 0 Å². The maximum Gasteiger partial charge on any atom is 0.125 e. The Hall–Kier alpha value is -2.75. The molecule has 0 aliphatic carbocycles. The summed E-state index contributed by atoms with van der Waals surface area (Å²) in [6.07, 6.45) is 7.59. The summed E-state index contributed by atoms with van der Waals surface area (Å²) in [5.74, 6) is 1.83. The van der Waals surface area contributed by atoms with Crippen molar-refractivity contribution in [2.24, 2.45) is 5.16 Å². The van der Waals surface area contributed by atoms with E-state index in [-0.39, 0.29) is 0 Å². The van der Waals surface area contributed by atoms with E-state index in [2.05, 4.69) is 31.1 Å². The fraction of sp³-hybridized carbons (Fsp3) is 0.348. The first kappa shape index (κ1) is 20.6. The summed E-state index contributed by atoms with van der Waals surface area (Å²) < 4.78 is 11.8. The van der Waals surface area contributed by atoms with Gasteiger partial charge in [-0.3, -0.25) is 0 Å². The van der Waals surface area contributed by atoms with Gasteiger partial charge < -0.3 is 14.3 Å². The van der Waals surface area contributed by atoms with Crippen LogP contribution in [0.25, 0.3) is 0 Å². The molecule has 4 heteroatoms. The molecule has 0 saturated heterocycles. The highest BCUT2D eigenvalue weighted by atomic mass is 16.6. The van der Waals surface area contributed by atoms with Crippen LogP contribution in [0.4, 0.5) is 0 Å². The van der Waals surface area contributed by atoms with Gasteiger partial charge in [0.05, 0.1) is 12.8 Å². The van der Waals surface area contributed by atoms with E-state index in [1.807, 2.05) is 43.3 Å². The molecule has 4 nitrogen and oxygen atoms in total. The second kappa shape index (κ2) is 11.1. The predicted molar refractivity (Wildman–Crippen MR) is 111 cm³/mol. The summed E-state index contributed by atoms with van der Waals surface area (Å²) in [6.45, 7) is 7.37. The van der Waals surface area contributed by atoms with E-state index in [1.54, 1.807) is 13.3 Å². The molecular formula is C23H29NO3. The molecule has 0 fully saturated rings. The van der Waals surface area contributed by atoms with Crippen LogP contribution in [0.15, 0.2) is 53.7 Å². The summed E-state index contributed by atoms with van der Waals surface area (Å²) in [7, 11) is 1.54. The van der Waals surface area contributed by atoms with Gasteiger partial charge in [-0.2, -0.15) is 0 Å². The fourth-order valence-electron chi connectivity index (χ4n) is 2.86. The van der Waals surface area contributed by atoms with Crippen LogP contribution >= 0.6 is 0 Å². The third-order valence-electron chi connectivity index (χ3n) is 4.13. The Morgan fingerprint density at radius 1 is 1.04 bits per heavy atom. The molecule has 0 amide bonds. The number of benzene rings is 2. The van der Waals surface area contributed by atoms with Gasteiger partial charge in [0.1, 0.15) is 25.2 Å². The van der Waals surface area contributed by atoms with Crippen LogP contribution < -0.4 is 9.47 Å². The molecule has 0 spiro atoms.